The van der Waals surface area contributed by atoms with Crippen molar-refractivity contribution in [3.63, 3.8) is 0 Å². The largest absolute Gasteiger partial charge is 0.493 e. The lowest BCUT2D eigenvalue weighted by molar-refractivity contribution is -0.136. The van der Waals surface area contributed by atoms with Gasteiger partial charge in [0, 0.05) is 16.7 Å². The Hall–Kier alpha value is -2.80. The third kappa shape index (κ3) is 3.55. The predicted molar refractivity (Wildman–Crippen MR) is 107 cm³/mol. The standard InChI is InChI=1S/C20H19BrN2O4/c1-4-23-19(24)17(12-8-9-15(26-2)16(10-12)27-3)18(20(23)25)22-14-7-5-6-13(21)11-14/h5-11,22H,4H2,1-3H3. The van der Waals surface area contributed by atoms with Gasteiger partial charge in [-0.05, 0) is 42.8 Å². The molecule has 3 rings (SSSR count). The second kappa shape index (κ2) is 7.84. The molecule has 0 bridgehead atoms. The molecule has 0 atom stereocenters. The van der Waals surface area contributed by atoms with Crippen molar-refractivity contribution in [3.8, 4) is 11.5 Å². The Balaban J connectivity index is 2.12. The molecule has 0 saturated heterocycles. The Morgan fingerprint density at radius 1 is 1.00 bits per heavy atom. The normalized spacial score (nSPS) is 14.0. The number of benzene rings is 2. The van der Waals surface area contributed by atoms with Crippen LogP contribution in [0.3, 0.4) is 0 Å². The number of methoxy groups -OCH3 is 2. The van der Waals surface area contributed by atoms with E-state index in [1.54, 1.807) is 32.2 Å². The Morgan fingerprint density at radius 2 is 1.74 bits per heavy atom. The van der Waals surface area contributed by atoms with Gasteiger partial charge >= 0.3 is 0 Å². The lowest BCUT2D eigenvalue weighted by Gasteiger charge is -2.12. The summed E-state index contributed by atoms with van der Waals surface area (Å²) < 4.78 is 11.5. The van der Waals surface area contributed by atoms with Crippen LogP contribution in [-0.4, -0.2) is 37.5 Å². The maximum absolute atomic E-state index is 12.9. The van der Waals surface area contributed by atoms with Gasteiger partial charge in [0.1, 0.15) is 5.70 Å². The average Bonchev–Trinajstić information content (AvgIpc) is 2.90. The molecule has 1 aliphatic rings. The first-order valence-electron chi connectivity index (χ1n) is 8.35. The van der Waals surface area contributed by atoms with Crippen LogP contribution in [0.15, 0.2) is 52.6 Å². The summed E-state index contributed by atoms with van der Waals surface area (Å²) in [5, 5.41) is 3.11. The van der Waals surface area contributed by atoms with E-state index in [1.807, 2.05) is 24.3 Å². The Kier molecular flexibility index (Phi) is 5.51. The minimum Gasteiger partial charge on any atom is -0.493 e. The van der Waals surface area contributed by atoms with E-state index in [0.717, 1.165) is 4.47 Å². The number of nitrogens with one attached hydrogen (secondary N) is 1. The van der Waals surface area contributed by atoms with Crippen LogP contribution in [0.4, 0.5) is 5.69 Å². The molecule has 2 aromatic carbocycles. The van der Waals surface area contributed by atoms with Crippen LogP contribution in [0.2, 0.25) is 0 Å². The number of imide groups is 1. The first-order chi connectivity index (χ1) is 13.0. The first kappa shape index (κ1) is 19.0. The number of amides is 2. The second-order valence-corrected chi connectivity index (χ2v) is 6.73. The van der Waals surface area contributed by atoms with Crippen molar-refractivity contribution in [2.45, 2.75) is 6.92 Å². The zero-order valence-electron chi connectivity index (χ0n) is 15.2. The van der Waals surface area contributed by atoms with Gasteiger partial charge in [0.25, 0.3) is 11.8 Å². The zero-order chi connectivity index (χ0) is 19.6. The number of anilines is 1. The summed E-state index contributed by atoms with van der Waals surface area (Å²) in [6, 6.07) is 12.5. The van der Waals surface area contributed by atoms with E-state index in [4.69, 9.17) is 9.47 Å². The van der Waals surface area contributed by atoms with Crippen molar-refractivity contribution in [3.05, 3.63) is 58.2 Å². The Morgan fingerprint density at radius 3 is 2.37 bits per heavy atom. The van der Waals surface area contributed by atoms with Crippen molar-refractivity contribution in [2.75, 3.05) is 26.1 Å². The third-order valence-electron chi connectivity index (χ3n) is 4.25. The summed E-state index contributed by atoms with van der Waals surface area (Å²) in [6.45, 7) is 2.06. The lowest BCUT2D eigenvalue weighted by atomic mass is 10.0. The molecule has 1 heterocycles. The lowest BCUT2D eigenvalue weighted by Crippen LogP contribution is -2.32. The number of ether oxygens (including phenoxy) is 2. The minimum absolute atomic E-state index is 0.243. The van der Waals surface area contributed by atoms with Crippen LogP contribution >= 0.6 is 15.9 Å². The highest BCUT2D eigenvalue weighted by molar-refractivity contribution is 9.10. The third-order valence-corrected chi connectivity index (χ3v) is 4.74. The summed E-state index contributed by atoms with van der Waals surface area (Å²) in [4.78, 5) is 26.9. The molecule has 0 aromatic heterocycles. The summed E-state index contributed by atoms with van der Waals surface area (Å²) in [5.41, 5.74) is 1.84. The molecular formula is C20H19BrN2O4. The van der Waals surface area contributed by atoms with E-state index in [9.17, 15) is 9.59 Å². The predicted octanol–water partition coefficient (Wildman–Crippen LogP) is 3.68. The number of likely N-dealkylation sites (N-methyl/N-ethyl adjacent to an activating group) is 1. The smallest absolute Gasteiger partial charge is 0.278 e. The average molecular weight is 431 g/mol. The first-order valence-corrected chi connectivity index (χ1v) is 9.14. The van der Waals surface area contributed by atoms with Gasteiger partial charge < -0.3 is 14.8 Å². The highest BCUT2D eigenvalue weighted by Crippen LogP contribution is 2.35. The van der Waals surface area contributed by atoms with Gasteiger partial charge in [-0.1, -0.05) is 28.1 Å². The van der Waals surface area contributed by atoms with Crippen LogP contribution in [-0.2, 0) is 9.59 Å². The molecule has 0 radical (unpaired) electrons. The Labute approximate surface area is 165 Å². The fourth-order valence-corrected chi connectivity index (χ4v) is 3.35. The minimum atomic E-state index is -0.354. The van der Waals surface area contributed by atoms with Crippen molar-refractivity contribution < 1.29 is 19.1 Å². The fourth-order valence-electron chi connectivity index (χ4n) is 2.95. The van der Waals surface area contributed by atoms with Gasteiger partial charge in [0.15, 0.2) is 11.5 Å². The highest BCUT2D eigenvalue weighted by atomic mass is 79.9. The van der Waals surface area contributed by atoms with Crippen molar-refractivity contribution in [1.29, 1.82) is 0 Å². The van der Waals surface area contributed by atoms with E-state index < -0.39 is 0 Å². The second-order valence-electron chi connectivity index (χ2n) is 5.81. The summed E-state index contributed by atoms with van der Waals surface area (Å²) >= 11 is 3.41. The maximum Gasteiger partial charge on any atom is 0.278 e. The van der Waals surface area contributed by atoms with E-state index in [1.165, 1.54) is 12.0 Å². The van der Waals surface area contributed by atoms with E-state index in [2.05, 4.69) is 21.2 Å². The van der Waals surface area contributed by atoms with Gasteiger partial charge in [0.2, 0.25) is 0 Å². The van der Waals surface area contributed by atoms with Crippen LogP contribution in [0.1, 0.15) is 12.5 Å². The molecule has 0 spiro atoms. The molecule has 0 aliphatic carbocycles. The van der Waals surface area contributed by atoms with Gasteiger partial charge in [-0.3, -0.25) is 14.5 Å². The van der Waals surface area contributed by atoms with Crippen LogP contribution in [0, 0.1) is 0 Å². The van der Waals surface area contributed by atoms with Gasteiger partial charge in [-0.25, -0.2) is 0 Å². The van der Waals surface area contributed by atoms with E-state index in [-0.39, 0.29) is 24.1 Å². The molecular weight excluding hydrogens is 412 g/mol. The number of carbonyl (C=O) groups excluding carboxylic acids is 2. The number of hydrogen-bond donors (Lipinski definition) is 1. The van der Waals surface area contributed by atoms with Crippen LogP contribution in [0.5, 0.6) is 11.5 Å². The molecule has 0 saturated carbocycles. The number of halogens is 1. The molecule has 27 heavy (non-hydrogen) atoms. The molecule has 1 aliphatic heterocycles. The SMILES string of the molecule is CCN1C(=O)C(Nc2cccc(Br)c2)=C(c2ccc(OC)c(OC)c2)C1=O. The highest BCUT2D eigenvalue weighted by Gasteiger charge is 2.38. The van der Waals surface area contributed by atoms with Crippen molar-refractivity contribution in [1.82, 2.24) is 4.90 Å². The van der Waals surface area contributed by atoms with Gasteiger partial charge in [0.05, 0.1) is 19.8 Å². The number of hydrogen-bond acceptors (Lipinski definition) is 5. The molecule has 2 amide bonds. The molecule has 0 unspecified atom stereocenters. The summed E-state index contributed by atoms with van der Waals surface area (Å²) in [7, 11) is 3.07. The molecule has 0 fully saturated rings. The topological polar surface area (TPSA) is 67.9 Å². The number of nitrogens with zero attached hydrogens (tertiary/aromatic N) is 1. The van der Waals surface area contributed by atoms with Crippen LogP contribution < -0.4 is 14.8 Å². The maximum atomic E-state index is 12.9. The van der Waals surface area contributed by atoms with Crippen molar-refractivity contribution >= 4 is 39.0 Å². The molecule has 7 heteroatoms. The number of rotatable bonds is 6. The monoisotopic (exact) mass is 430 g/mol. The molecule has 6 nitrogen and oxygen atoms in total. The molecule has 2 aromatic rings. The molecule has 1 N–H and O–H groups in total. The van der Waals surface area contributed by atoms with Crippen molar-refractivity contribution in [2.24, 2.45) is 0 Å². The zero-order valence-corrected chi connectivity index (χ0v) is 16.8. The Bertz CT molecular complexity index is 939. The van der Waals surface area contributed by atoms with E-state index >= 15 is 0 Å². The van der Waals surface area contributed by atoms with Gasteiger partial charge in [-0.2, -0.15) is 0 Å². The fraction of sp³-hybridized carbons (Fsp3) is 0.200. The molecule has 140 valence electrons. The number of carbonyl (C=O) groups is 2. The van der Waals surface area contributed by atoms with Gasteiger partial charge in [-0.15, -0.1) is 0 Å². The van der Waals surface area contributed by atoms with Crippen LogP contribution in [0.25, 0.3) is 5.57 Å². The summed E-state index contributed by atoms with van der Waals surface area (Å²) in [6.07, 6.45) is 0. The summed E-state index contributed by atoms with van der Waals surface area (Å²) in [5.74, 6) is 0.339. The van der Waals surface area contributed by atoms with E-state index in [0.29, 0.717) is 28.3 Å². The quantitative estimate of drug-likeness (QED) is 0.707.